The van der Waals surface area contributed by atoms with E-state index in [0.717, 1.165) is 23.1 Å². The molecular formula is C18H17ClF3N3O2. The number of carbonyl (C=O) groups excluding carboxylic acids is 2. The van der Waals surface area contributed by atoms with Crippen LogP contribution in [0.5, 0.6) is 0 Å². The van der Waals surface area contributed by atoms with Gasteiger partial charge in [-0.25, -0.2) is 4.79 Å². The highest BCUT2D eigenvalue weighted by Gasteiger charge is 2.31. The van der Waals surface area contributed by atoms with E-state index in [1.54, 1.807) is 30.3 Å². The zero-order chi connectivity index (χ0) is 20.0. The second-order valence-electron chi connectivity index (χ2n) is 5.58. The number of alkyl halides is 3. The maximum absolute atomic E-state index is 12.9. The van der Waals surface area contributed by atoms with Crippen molar-refractivity contribution in [3.63, 3.8) is 0 Å². The van der Waals surface area contributed by atoms with E-state index in [4.69, 9.17) is 11.6 Å². The summed E-state index contributed by atoms with van der Waals surface area (Å²) in [5.74, 6) is -0.499. The smallest absolute Gasteiger partial charge is 0.336 e. The fourth-order valence-corrected chi connectivity index (χ4v) is 2.54. The van der Waals surface area contributed by atoms with Crippen LogP contribution in [0.3, 0.4) is 0 Å². The minimum absolute atomic E-state index is 0.00642. The van der Waals surface area contributed by atoms with E-state index >= 15 is 0 Å². The van der Waals surface area contributed by atoms with Crippen LogP contribution in [0.2, 0.25) is 5.02 Å². The monoisotopic (exact) mass is 399 g/mol. The first-order valence-electron chi connectivity index (χ1n) is 7.93. The summed E-state index contributed by atoms with van der Waals surface area (Å²) in [6.07, 6.45) is -4.56. The second-order valence-corrected chi connectivity index (χ2v) is 5.99. The Kier molecular flexibility index (Phi) is 6.68. The molecule has 0 heterocycles. The molecule has 0 aromatic heterocycles. The highest BCUT2D eigenvalue weighted by molar-refractivity contribution is 6.33. The van der Waals surface area contributed by atoms with Gasteiger partial charge in [0, 0.05) is 25.7 Å². The molecule has 27 heavy (non-hydrogen) atoms. The lowest BCUT2D eigenvalue weighted by Gasteiger charge is -2.23. The molecule has 144 valence electrons. The van der Waals surface area contributed by atoms with Crippen molar-refractivity contribution in [3.05, 3.63) is 59.1 Å². The Hall–Kier alpha value is -2.74. The fraction of sp³-hybridized carbons (Fsp3) is 0.222. The summed E-state index contributed by atoms with van der Waals surface area (Å²) in [6.45, 7) is 1.18. The van der Waals surface area contributed by atoms with Crippen LogP contribution in [-0.4, -0.2) is 25.0 Å². The molecule has 0 aliphatic heterocycles. The minimum atomic E-state index is -4.56. The molecular weight excluding hydrogens is 383 g/mol. The Labute approximate surface area is 159 Å². The van der Waals surface area contributed by atoms with Crippen LogP contribution in [0.15, 0.2) is 48.5 Å². The maximum atomic E-state index is 12.9. The Balaban J connectivity index is 2.04. The molecule has 0 bridgehead atoms. The normalized spacial score (nSPS) is 11.0. The van der Waals surface area contributed by atoms with Gasteiger partial charge in [-0.05, 0) is 30.3 Å². The molecule has 0 unspecified atom stereocenters. The van der Waals surface area contributed by atoms with Crippen LogP contribution >= 0.6 is 11.6 Å². The topological polar surface area (TPSA) is 61.4 Å². The van der Waals surface area contributed by atoms with Gasteiger partial charge in [-0.15, -0.1) is 0 Å². The molecule has 0 aliphatic rings. The lowest BCUT2D eigenvalue weighted by Crippen LogP contribution is -2.39. The quantitative estimate of drug-likeness (QED) is 0.775. The van der Waals surface area contributed by atoms with E-state index in [2.05, 4.69) is 10.6 Å². The fourth-order valence-electron chi connectivity index (χ4n) is 2.32. The zero-order valence-corrected chi connectivity index (χ0v) is 15.1. The SMILES string of the molecule is CC(=O)N(CCNC(=O)Nc1ccccc1)c1cc(C(F)(F)F)ccc1Cl. The molecule has 0 atom stereocenters. The van der Waals surface area contributed by atoms with E-state index in [1.807, 2.05) is 0 Å². The van der Waals surface area contributed by atoms with E-state index < -0.39 is 23.7 Å². The predicted molar refractivity (Wildman–Crippen MR) is 97.9 cm³/mol. The van der Waals surface area contributed by atoms with Gasteiger partial charge in [-0.3, -0.25) is 4.79 Å². The third-order valence-electron chi connectivity index (χ3n) is 3.60. The molecule has 0 saturated heterocycles. The lowest BCUT2D eigenvalue weighted by molar-refractivity contribution is -0.137. The summed E-state index contributed by atoms with van der Waals surface area (Å²) in [6, 6.07) is 10.9. The molecule has 0 radical (unpaired) electrons. The van der Waals surface area contributed by atoms with Crippen LogP contribution in [0.25, 0.3) is 0 Å². The van der Waals surface area contributed by atoms with Gasteiger partial charge in [-0.2, -0.15) is 13.2 Å². The van der Waals surface area contributed by atoms with Gasteiger partial charge in [0.1, 0.15) is 0 Å². The number of hydrogen-bond acceptors (Lipinski definition) is 2. The number of halogens is 4. The minimum Gasteiger partial charge on any atom is -0.336 e. The molecule has 2 N–H and O–H groups in total. The van der Waals surface area contributed by atoms with E-state index in [9.17, 15) is 22.8 Å². The van der Waals surface area contributed by atoms with Crippen molar-refractivity contribution in [1.29, 1.82) is 0 Å². The Bertz CT molecular complexity index is 813. The van der Waals surface area contributed by atoms with Gasteiger partial charge < -0.3 is 15.5 Å². The Morgan fingerprint density at radius 3 is 2.37 bits per heavy atom. The maximum Gasteiger partial charge on any atom is 0.416 e. The summed E-state index contributed by atoms with van der Waals surface area (Å²) < 4.78 is 38.8. The van der Waals surface area contributed by atoms with E-state index in [1.165, 1.54) is 6.92 Å². The zero-order valence-electron chi connectivity index (χ0n) is 14.3. The number of rotatable bonds is 5. The molecule has 2 rings (SSSR count). The van der Waals surface area contributed by atoms with Crippen molar-refractivity contribution in [2.24, 2.45) is 0 Å². The summed E-state index contributed by atoms with van der Waals surface area (Å²) in [7, 11) is 0. The molecule has 0 saturated carbocycles. The highest BCUT2D eigenvalue weighted by Crippen LogP contribution is 2.35. The summed E-state index contributed by atoms with van der Waals surface area (Å²) in [5.41, 5.74) is -0.397. The van der Waals surface area contributed by atoms with Crippen molar-refractivity contribution in [3.8, 4) is 0 Å². The average Bonchev–Trinajstić information content (AvgIpc) is 2.59. The van der Waals surface area contributed by atoms with Gasteiger partial charge >= 0.3 is 12.2 Å². The molecule has 3 amide bonds. The van der Waals surface area contributed by atoms with Gasteiger partial charge in [0.2, 0.25) is 5.91 Å². The molecule has 5 nitrogen and oxygen atoms in total. The molecule has 2 aromatic carbocycles. The molecule has 2 aromatic rings. The van der Waals surface area contributed by atoms with Crippen LogP contribution in [0, 0.1) is 0 Å². The summed E-state index contributed by atoms with van der Waals surface area (Å²) >= 11 is 5.97. The van der Waals surface area contributed by atoms with Crippen molar-refractivity contribution < 1.29 is 22.8 Å². The number of hydrogen-bond donors (Lipinski definition) is 2. The van der Waals surface area contributed by atoms with Crippen molar-refractivity contribution in [1.82, 2.24) is 5.32 Å². The summed E-state index contributed by atoms with van der Waals surface area (Å²) in [4.78, 5) is 24.8. The standard InChI is InChI=1S/C18H17ClF3N3O2/c1-12(26)25(16-11-13(18(20,21)22)7-8-15(16)19)10-9-23-17(27)24-14-5-3-2-4-6-14/h2-8,11H,9-10H2,1H3,(H2,23,24,27). The molecule has 0 fully saturated rings. The first-order chi connectivity index (χ1) is 12.7. The first kappa shape index (κ1) is 20.6. The number of amides is 3. The number of nitrogens with zero attached hydrogens (tertiary/aromatic N) is 1. The molecule has 0 spiro atoms. The van der Waals surface area contributed by atoms with Gasteiger partial charge in [-0.1, -0.05) is 29.8 Å². The van der Waals surface area contributed by atoms with Crippen molar-refractivity contribution in [2.45, 2.75) is 13.1 Å². The van der Waals surface area contributed by atoms with Crippen molar-refractivity contribution in [2.75, 3.05) is 23.3 Å². The number of carbonyl (C=O) groups is 2. The third-order valence-corrected chi connectivity index (χ3v) is 3.92. The average molecular weight is 400 g/mol. The van der Waals surface area contributed by atoms with Gasteiger partial charge in [0.15, 0.2) is 0 Å². The first-order valence-corrected chi connectivity index (χ1v) is 8.31. The van der Waals surface area contributed by atoms with E-state index in [-0.39, 0.29) is 23.8 Å². The van der Waals surface area contributed by atoms with Crippen LogP contribution < -0.4 is 15.5 Å². The number of anilines is 2. The van der Waals surface area contributed by atoms with Crippen LogP contribution in [0.1, 0.15) is 12.5 Å². The number of para-hydroxylation sites is 1. The van der Waals surface area contributed by atoms with Crippen LogP contribution in [0.4, 0.5) is 29.3 Å². The Morgan fingerprint density at radius 2 is 1.78 bits per heavy atom. The largest absolute Gasteiger partial charge is 0.416 e. The Morgan fingerprint density at radius 1 is 1.11 bits per heavy atom. The lowest BCUT2D eigenvalue weighted by atomic mass is 10.1. The van der Waals surface area contributed by atoms with Gasteiger partial charge in [0.25, 0.3) is 0 Å². The number of nitrogens with one attached hydrogen (secondary N) is 2. The highest BCUT2D eigenvalue weighted by atomic mass is 35.5. The van der Waals surface area contributed by atoms with Crippen LogP contribution in [-0.2, 0) is 11.0 Å². The molecule has 0 aliphatic carbocycles. The summed E-state index contributed by atoms with van der Waals surface area (Å²) in [5, 5.41) is 5.14. The number of urea groups is 1. The van der Waals surface area contributed by atoms with Crippen molar-refractivity contribution >= 4 is 34.9 Å². The molecule has 9 heteroatoms. The van der Waals surface area contributed by atoms with Gasteiger partial charge in [0.05, 0.1) is 16.3 Å². The second kappa shape index (κ2) is 8.77. The number of benzene rings is 2. The third kappa shape index (κ3) is 5.89. The predicted octanol–water partition coefficient (Wildman–Crippen LogP) is 4.53. The van der Waals surface area contributed by atoms with E-state index in [0.29, 0.717) is 5.69 Å².